The number of aliphatic hydroxyl groups excluding tert-OH is 2. The summed E-state index contributed by atoms with van der Waals surface area (Å²) in [5.41, 5.74) is -1.18. The maximum Gasteiger partial charge on any atom is 0.133 e. The van der Waals surface area contributed by atoms with Crippen LogP contribution in [0.5, 0.6) is 0 Å². The fourth-order valence-corrected chi connectivity index (χ4v) is 2.23. The molecule has 10 heteroatoms. The molecule has 2 aliphatic rings. The van der Waals surface area contributed by atoms with Crippen LogP contribution in [0.3, 0.4) is 0 Å². The number of β-amino-alcohol motifs (C(OH)–C–C–N with tert-alkyl or cyclic N) is 2. The van der Waals surface area contributed by atoms with Crippen molar-refractivity contribution in [2.24, 2.45) is 20.2 Å². The number of nitrogens with zero attached hydrogens (tertiary/aromatic N) is 4. The molecule has 2 atom stereocenters. The van der Waals surface area contributed by atoms with Crippen molar-refractivity contribution in [1.29, 1.82) is 0 Å². The first-order valence-corrected chi connectivity index (χ1v) is 7.58. The minimum atomic E-state index is -0.591. The van der Waals surface area contributed by atoms with Crippen molar-refractivity contribution < 1.29 is 10.2 Å². The third-order valence-electron chi connectivity index (χ3n) is 3.64. The summed E-state index contributed by atoms with van der Waals surface area (Å²) in [7, 11) is 0. The second-order valence-electron chi connectivity index (χ2n) is 6.77. The Balaban J connectivity index is 0.00000264. The topological polar surface area (TPSA) is 114 Å². The van der Waals surface area contributed by atoms with E-state index in [0.717, 1.165) is 11.7 Å². The van der Waals surface area contributed by atoms with Crippen LogP contribution in [0.2, 0.25) is 0 Å². The third-order valence-corrected chi connectivity index (χ3v) is 3.64. The maximum absolute atomic E-state index is 9.48. The van der Waals surface area contributed by atoms with Gasteiger partial charge in [0.05, 0.1) is 25.3 Å². The second kappa shape index (κ2) is 8.94. The Bertz CT molecular complexity index is 463. The molecule has 4 N–H and O–H groups in total. The van der Waals surface area contributed by atoms with E-state index >= 15 is 0 Å². The van der Waals surface area contributed by atoms with E-state index < -0.39 is 23.3 Å². The highest BCUT2D eigenvalue weighted by Crippen LogP contribution is 2.19. The van der Waals surface area contributed by atoms with Crippen LogP contribution in [0.1, 0.15) is 27.7 Å². The van der Waals surface area contributed by atoms with Gasteiger partial charge in [0.25, 0.3) is 0 Å². The second-order valence-corrected chi connectivity index (χ2v) is 6.77. The highest BCUT2D eigenvalue weighted by molar-refractivity contribution is 5.92. The number of hydrogen-bond donors (Lipinski definition) is 4. The molecule has 0 spiro atoms. The molecule has 0 bridgehead atoms. The molecule has 0 amide bonds. The lowest BCUT2D eigenvalue weighted by Gasteiger charge is -2.30. The van der Waals surface area contributed by atoms with Crippen LogP contribution in [0.25, 0.3) is 0 Å². The molecule has 0 saturated heterocycles. The molecule has 2 unspecified atom stereocenters. The van der Waals surface area contributed by atoms with E-state index in [4.69, 9.17) is 0 Å². The van der Waals surface area contributed by atoms with Crippen molar-refractivity contribution in [3.05, 3.63) is 0 Å². The largest absolute Gasteiger partial charge is 0.389 e. The highest BCUT2D eigenvalue weighted by Gasteiger charge is 2.32. The van der Waals surface area contributed by atoms with Crippen molar-refractivity contribution >= 4 is 36.5 Å². The zero-order valence-corrected chi connectivity index (χ0v) is 16.1. The first-order chi connectivity index (χ1) is 10.2. The smallest absolute Gasteiger partial charge is 0.133 e. The number of amidine groups is 2. The SMILES string of the molecule is CC(C)(N=NC(C)(C)C1=NCC(O)CN1)C1=NCC(O)CN1.Cl.Cl. The average molecular weight is 383 g/mol. The Kier molecular flexibility index (Phi) is 8.58. The van der Waals surface area contributed by atoms with E-state index in [2.05, 4.69) is 30.8 Å². The zero-order chi connectivity index (χ0) is 16.4. The number of aliphatic hydroxyl groups is 2. The summed E-state index contributed by atoms with van der Waals surface area (Å²) in [4.78, 5) is 8.66. The predicted molar refractivity (Wildman–Crippen MR) is 100 cm³/mol. The quantitative estimate of drug-likeness (QED) is 0.531. The fourth-order valence-electron chi connectivity index (χ4n) is 2.23. The lowest BCUT2D eigenvalue weighted by molar-refractivity contribution is 0.179. The summed E-state index contributed by atoms with van der Waals surface area (Å²) in [6.45, 7) is 9.44. The van der Waals surface area contributed by atoms with E-state index in [-0.39, 0.29) is 24.8 Å². The molecule has 24 heavy (non-hydrogen) atoms. The summed E-state index contributed by atoms with van der Waals surface area (Å²) in [5.74, 6) is 1.46. The average Bonchev–Trinajstić information content (AvgIpc) is 2.46. The molecule has 2 aliphatic heterocycles. The van der Waals surface area contributed by atoms with Gasteiger partial charge in [0, 0.05) is 13.1 Å². The minimum Gasteiger partial charge on any atom is -0.389 e. The minimum absolute atomic E-state index is 0. The monoisotopic (exact) mass is 382 g/mol. The molecule has 0 radical (unpaired) electrons. The third kappa shape index (κ3) is 5.84. The number of halogens is 2. The highest BCUT2D eigenvalue weighted by atomic mass is 35.5. The number of rotatable bonds is 4. The Morgan fingerprint density at radius 2 is 1.17 bits per heavy atom. The van der Waals surface area contributed by atoms with Crippen molar-refractivity contribution in [2.45, 2.75) is 51.0 Å². The van der Waals surface area contributed by atoms with Crippen molar-refractivity contribution in [3.63, 3.8) is 0 Å². The zero-order valence-electron chi connectivity index (χ0n) is 14.5. The van der Waals surface area contributed by atoms with E-state index in [1.807, 2.05) is 27.7 Å². The van der Waals surface area contributed by atoms with Gasteiger partial charge < -0.3 is 20.8 Å². The van der Waals surface area contributed by atoms with Crippen molar-refractivity contribution in [2.75, 3.05) is 26.2 Å². The first-order valence-electron chi connectivity index (χ1n) is 7.58. The fraction of sp³-hybridized carbons (Fsp3) is 0.857. The Morgan fingerprint density at radius 1 is 0.833 bits per heavy atom. The molecule has 0 aliphatic carbocycles. The van der Waals surface area contributed by atoms with Gasteiger partial charge in [-0.2, -0.15) is 10.2 Å². The molecule has 0 aromatic carbocycles. The molecule has 0 aromatic rings. The van der Waals surface area contributed by atoms with Gasteiger partial charge in [0.15, 0.2) is 0 Å². The van der Waals surface area contributed by atoms with Gasteiger partial charge in [0.1, 0.15) is 22.7 Å². The molecule has 2 rings (SSSR count). The van der Waals surface area contributed by atoms with E-state index in [0.29, 0.717) is 26.2 Å². The standard InChI is InChI=1S/C14H26N6O2.2ClH/c1-13(2,11-15-5-9(21)6-16-11)19-20-14(3,4)12-17-7-10(22)8-18-12;;/h9-10,21-22H,5-8H2,1-4H3,(H,15,16)(H,17,18);2*1H. The first kappa shape index (κ1) is 23.0. The van der Waals surface area contributed by atoms with Gasteiger partial charge in [0.2, 0.25) is 0 Å². The van der Waals surface area contributed by atoms with Crippen LogP contribution < -0.4 is 10.6 Å². The Labute approximate surface area is 155 Å². The van der Waals surface area contributed by atoms with Crippen LogP contribution >= 0.6 is 24.8 Å². The molecule has 2 heterocycles. The molecule has 0 aromatic heterocycles. The molecule has 0 saturated carbocycles. The number of hydrogen-bond acceptors (Lipinski definition) is 8. The van der Waals surface area contributed by atoms with Crippen LogP contribution in [0.4, 0.5) is 0 Å². The lowest BCUT2D eigenvalue weighted by atomic mass is 10.0. The summed E-state index contributed by atoms with van der Waals surface area (Å²) >= 11 is 0. The van der Waals surface area contributed by atoms with Gasteiger partial charge in [-0.05, 0) is 27.7 Å². The van der Waals surface area contributed by atoms with Gasteiger partial charge in [-0.1, -0.05) is 0 Å². The predicted octanol–water partition coefficient (Wildman–Crippen LogP) is 0.565. The maximum atomic E-state index is 9.48. The van der Waals surface area contributed by atoms with Crippen molar-refractivity contribution in [1.82, 2.24) is 10.6 Å². The van der Waals surface area contributed by atoms with Crippen LogP contribution in [-0.2, 0) is 0 Å². The van der Waals surface area contributed by atoms with Gasteiger partial charge in [-0.15, -0.1) is 24.8 Å². The number of nitrogens with one attached hydrogen (secondary N) is 2. The van der Waals surface area contributed by atoms with E-state index in [1.54, 1.807) is 0 Å². The number of aliphatic imine (C=N–C) groups is 2. The Morgan fingerprint density at radius 3 is 1.42 bits per heavy atom. The number of azo groups is 1. The summed E-state index contributed by atoms with van der Waals surface area (Å²) < 4.78 is 0. The molecular formula is C14H28Cl2N6O2. The molecule has 0 fully saturated rings. The van der Waals surface area contributed by atoms with Gasteiger partial charge in [-0.3, -0.25) is 9.98 Å². The molecule has 140 valence electrons. The van der Waals surface area contributed by atoms with Crippen LogP contribution in [-0.4, -0.2) is 71.3 Å². The lowest BCUT2D eigenvalue weighted by Crippen LogP contribution is -2.50. The van der Waals surface area contributed by atoms with Crippen LogP contribution in [0, 0.1) is 0 Å². The molecular weight excluding hydrogens is 355 g/mol. The van der Waals surface area contributed by atoms with Crippen LogP contribution in [0.15, 0.2) is 20.2 Å². The van der Waals surface area contributed by atoms with Gasteiger partial charge in [-0.25, -0.2) is 0 Å². The Hall–Kier alpha value is -0.960. The van der Waals surface area contributed by atoms with Gasteiger partial charge >= 0.3 is 0 Å². The van der Waals surface area contributed by atoms with Crippen molar-refractivity contribution in [3.8, 4) is 0 Å². The normalized spacial score (nSPS) is 24.8. The molecule has 8 nitrogen and oxygen atoms in total. The van der Waals surface area contributed by atoms with E-state index in [1.165, 1.54) is 0 Å². The summed E-state index contributed by atoms with van der Waals surface area (Å²) in [6.07, 6.45) is -0.889. The summed E-state index contributed by atoms with van der Waals surface area (Å²) in [6, 6.07) is 0. The summed E-state index contributed by atoms with van der Waals surface area (Å²) in [5, 5.41) is 34.0. The van der Waals surface area contributed by atoms with E-state index in [9.17, 15) is 10.2 Å².